The van der Waals surface area contributed by atoms with Gasteiger partial charge in [0.25, 0.3) is 0 Å². The van der Waals surface area contributed by atoms with Gasteiger partial charge < -0.3 is 19.7 Å². The maximum Gasteiger partial charge on any atom is 0.247 e. The standard InChI is InChI=1S/C19H26N2O4/c1-14-11-21(12-15-5-3-2-4-6-15)19(23)17(20-18(14)22)13-25-16-7-9-24-10-8-16/h2-6,14,16-17H,7-13H2,1H3,(H,20,22)/t14?,17-/m0/s1. The van der Waals surface area contributed by atoms with Gasteiger partial charge >= 0.3 is 0 Å². The summed E-state index contributed by atoms with van der Waals surface area (Å²) in [5.41, 5.74) is 1.06. The van der Waals surface area contributed by atoms with Crippen LogP contribution in [-0.2, 0) is 25.6 Å². The molecule has 25 heavy (non-hydrogen) atoms. The highest BCUT2D eigenvalue weighted by atomic mass is 16.5. The molecule has 6 heteroatoms. The molecule has 1 aromatic carbocycles. The number of nitrogens with one attached hydrogen (secondary N) is 1. The van der Waals surface area contributed by atoms with Crippen LogP contribution < -0.4 is 5.32 Å². The zero-order valence-electron chi connectivity index (χ0n) is 14.6. The zero-order chi connectivity index (χ0) is 17.6. The number of hydrogen-bond donors (Lipinski definition) is 1. The molecule has 0 aromatic heterocycles. The largest absolute Gasteiger partial charge is 0.381 e. The summed E-state index contributed by atoms with van der Waals surface area (Å²) < 4.78 is 11.2. The monoisotopic (exact) mass is 346 g/mol. The summed E-state index contributed by atoms with van der Waals surface area (Å²) in [4.78, 5) is 26.9. The second-order valence-corrected chi connectivity index (χ2v) is 6.81. The van der Waals surface area contributed by atoms with E-state index in [1.165, 1.54) is 0 Å². The second-order valence-electron chi connectivity index (χ2n) is 6.81. The molecule has 0 saturated carbocycles. The van der Waals surface area contributed by atoms with Crippen LogP contribution in [0, 0.1) is 5.92 Å². The first kappa shape index (κ1) is 17.9. The third kappa shape index (κ3) is 4.80. The summed E-state index contributed by atoms with van der Waals surface area (Å²) in [5, 5.41) is 2.85. The van der Waals surface area contributed by atoms with Gasteiger partial charge in [-0.15, -0.1) is 0 Å². The highest BCUT2D eigenvalue weighted by molar-refractivity contribution is 5.91. The molecular weight excluding hydrogens is 320 g/mol. The van der Waals surface area contributed by atoms with Gasteiger partial charge in [-0.25, -0.2) is 0 Å². The number of amides is 2. The van der Waals surface area contributed by atoms with Gasteiger partial charge in [-0.3, -0.25) is 9.59 Å². The van der Waals surface area contributed by atoms with E-state index >= 15 is 0 Å². The minimum absolute atomic E-state index is 0.0754. The van der Waals surface area contributed by atoms with Crippen molar-refractivity contribution in [2.75, 3.05) is 26.4 Å². The van der Waals surface area contributed by atoms with Crippen molar-refractivity contribution >= 4 is 11.8 Å². The highest BCUT2D eigenvalue weighted by Gasteiger charge is 2.34. The van der Waals surface area contributed by atoms with E-state index in [1.807, 2.05) is 37.3 Å². The molecule has 0 aliphatic carbocycles. The topological polar surface area (TPSA) is 67.9 Å². The van der Waals surface area contributed by atoms with E-state index in [-0.39, 0.29) is 30.4 Å². The highest BCUT2D eigenvalue weighted by Crippen LogP contribution is 2.16. The van der Waals surface area contributed by atoms with E-state index < -0.39 is 6.04 Å². The van der Waals surface area contributed by atoms with Crippen LogP contribution in [0.5, 0.6) is 0 Å². The van der Waals surface area contributed by atoms with E-state index in [1.54, 1.807) is 4.90 Å². The Hall–Kier alpha value is -1.92. The predicted molar refractivity (Wildman–Crippen MR) is 92.7 cm³/mol. The first-order valence-electron chi connectivity index (χ1n) is 8.96. The molecule has 1 N–H and O–H groups in total. The van der Waals surface area contributed by atoms with Crippen LogP contribution in [0.2, 0.25) is 0 Å². The Labute approximate surface area is 148 Å². The predicted octanol–water partition coefficient (Wildman–Crippen LogP) is 1.35. The molecule has 2 heterocycles. The Morgan fingerprint density at radius 3 is 2.64 bits per heavy atom. The number of ether oxygens (including phenoxy) is 2. The number of benzene rings is 1. The average molecular weight is 346 g/mol. The summed E-state index contributed by atoms with van der Waals surface area (Å²) in [6.45, 7) is 4.37. The molecule has 3 rings (SSSR count). The molecule has 136 valence electrons. The third-order valence-corrected chi connectivity index (χ3v) is 4.75. The number of nitrogens with zero attached hydrogens (tertiary/aromatic N) is 1. The van der Waals surface area contributed by atoms with E-state index in [4.69, 9.17) is 9.47 Å². The number of carbonyl (C=O) groups excluding carboxylic acids is 2. The van der Waals surface area contributed by atoms with E-state index in [0.29, 0.717) is 26.3 Å². The lowest BCUT2D eigenvalue weighted by atomic mass is 10.1. The van der Waals surface area contributed by atoms with Gasteiger partial charge in [-0.05, 0) is 18.4 Å². The van der Waals surface area contributed by atoms with Crippen molar-refractivity contribution in [3.05, 3.63) is 35.9 Å². The van der Waals surface area contributed by atoms with Crippen LogP contribution in [0.1, 0.15) is 25.3 Å². The molecule has 2 aliphatic rings. The first-order chi connectivity index (χ1) is 12.1. The minimum Gasteiger partial charge on any atom is -0.381 e. The molecule has 0 bridgehead atoms. The SMILES string of the molecule is CC1CN(Cc2ccccc2)C(=O)[C@H](COC2CCOCC2)NC1=O. The van der Waals surface area contributed by atoms with E-state index in [9.17, 15) is 9.59 Å². The molecule has 6 nitrogen and oxygen atoms in total. The van der Waals surface area contributed by atoms with Crippen molar-refractivity contribution in [3.8, 4) is 0 Å². The summed E-state index contributed by atoms with van der Waals surface area (Å²) in [7, 11) is 0. The maximum atomic E-state index is 12.9. The van der Waals surface area contributed by atoms with Gasteiger partial charge in [0.1, 0.15) is 6.04 Å². The van der Waals surface area contributed by atoms with E-state index in [0.717, 1.165) is 18.4 Å². The fourth-order valence-corrected chi connectivity index (χ4v) is 3.23. The molecule has 2 amide bonds. The Morgan fingerprint density at radius 2 is 1.92 bits per heavy atom. The van der Waals surface area contributed by atoms with Crippen molar-refractivity contribution in [2.45, 2.75) is 38.5 Å². The molecule has 2 atom stereocenters. The quantitative estimate of drug-likeness (QED) is 0.874. The molecule has 2 fully saturated rings. The van der Waals surface area contributed by atoms with Gasteiger partial charge in [0.15, 0.2) is 0 Å². The van der Waals surface area contributed by atoms with Gasteiger partial charge in [0, 0.05) is 26.3 Å². The van der Waals surface area contributed by atoms with Crippen LogP contribution in [0.25, 0.3) is 0 Å². The smallest absolute Gasteiger partial charge is 0.247 e. The Morgan fingerprint density at radius 1 is 1.20 bits per heavy atom. The van der Waals surface area contributed by atoms with Crippen LogP contribution in [0.15, 0.2) is 30.3 Å². The molecular formula is C19H26N2O4. The fraction of sp³-hybridized carbons (Fsp3) is 0.579. The first-order valence-corrected chi connectivity index (χ1v) is 8.96. The Balaban J connectivity index is 1.65. The van der Waals surface area contributed by atoms with Crippen molar-refractivity contribution in [1.29, 1.82) is 0 Å². The van der Waals surface area contributed by atoms with Gasteiger partial charge in [-0.2, -0.15) is 0 Å². The zero-order valence-corrected chi connectivity index (χ0v) is 14.6. The summed E-state index contributed by atoms with van der Waals surface area (Å²) in [5.74, 6) is -0.404. The lowest BCUT2D eigenvalue weighted by Gasteiger charge is -2.27. The van der Waals surface area contributed by atoms with Crippen LogP contribution in [-0.4, -0.2) is 55.2 Å². The summed E-state index contributed by atoms with van der Waals surface area (Å²) in [6, 6.07) is 9.22. The molecule has 1 unspecified atom stereocenters. The average Bonchev–Trinajstić information content (AvgIpc) is 2.74. The minimum atomic E-state index is -0.621. The summed E-state index contributed by atoms with van der Waals surface area (Å²) in [6.07, 6.45) is 1.76. The van der Waals surface area contributed by atoms with Crippen molar-refractivity contribution in [3.63, 3.8) is 0 Å². The Bertz CT molecular complexity index is 586. The molecule has 1 aromatic rings. The van der Waals surface area contributed by atoms with Crippen LogP contribution in [0.3, 0.4) is 0 Å². The summed E-state index contributed by atoms with van der Waals surface area (Å²) >= 11 is 0. The van der Waals surface area contributed by atoms with Crippen LogP contribution >= 0.6 is 0 Å². The number of hydrogen-bond acceptors (Lipinski definition) is 4. The van der Waals surface area contributed by atoms with E-state index in [2.05, 4.69) is 5.32 Å². The lowest BCUT2D eigenvalue weighted by molar-refractivity contribution is -0.137. The van der Waals surface area contributed by atoms with Gasteiger partial charge in [-0.1, -0.05) is 37.3 Å². The Kier molecular flexibility index (Phi) is 6.04. The second kappa shape index (κ2) is 8.45. The number of carbonyl (C=O) groups is 2. The normalized spacial score (nSPS) is 25.6. The number of rotatable bonds is 5. The van der Waals surface area contributed by atoms with Crippen molar-refractivity contribution < 1.29 is 19.1 Å². The van der Waals surface area contributed by atoms with Gasteiger partial charge in [0.2, 0.25) is 11.8 Å². The molecule has 0 spiro atoms. The van der Waals surface area contributed by atoms with Crippen molar-refractivity contribution in [2.24, 2.45) is 5.92 Å². The van der Waals surface area contributed by atoms with Crippen LogP contribution in [0.4, 0.5) is 0 Å². The fourth-order valence-electron chi connectivity index (χ4n) is 3.23. The lowest BCUT2D eigenvalue weighted by Crippen LogP contribution is -2.48. The maximum absolute atomic E-state index is 12.9. The molecule has 0 radical (unpaired) electrons. The van der Waals surface area contributed by atoms with Gasteiger partial charge in [0.05, 0.1) is 18.6 Å². The molecule has 2 aliphatic heterocycles. The van der Waals surface area contributed by atoms with Crippen molar-refractivity contribution in [1.82, 2.24) is 10.2 Å². The third-order valence-electron chi connectivity index (χ3n) is 4.75. The molecule has 2 saturated heterocycles.